The summed E-state index contributed by atoms with van der Waals surface area (Å²) >= 11 is 0. The minimum atomic E-state index is -0.595. The maximum absolute atomic E-state index is 13.0. The summed E-state index contributed by atoms with van der Waals surface area (Å²) in [5.74, 6) is 1.43. The van der Waals surface area contributed by atoms with E-state index < -0.39 is 11.7 Å². The van der Waals surface area contributed by atoms with Crippen molar-refractivity contribution in [2.45, 2.75) is 89.9 Å². The number of hydrogen-bond acceptors (Lipinski definition) is 8. The minimum Gasteiger partial charge on any atom is -0.473 e. The van der Waals surface area contributed by atoms with Crippen LogP contribution >= 0.6 is 0 Å². The van der Waals surface area contributed by atoms with Crippen molar-refractivity contribution in [2.75, 3.05) is 31.6 Å². The Morgan fingerprint density at radius 2 is 1.76 bits per heavy atom. The van der Waals surface area contributed by atoms with Gasteiger partial charge in [-0.1, -0.05) is 0 Å². The summed E-state index contributed by atoms with van der Waals surface area (Å²) in [6.07, 6.45) is 7.18. The highest BCUT2D eigenvalue weighted by molar-refractivity contribution is 5.91. The van der Waals surface area contributed by atoms with E-state index in [4.69, 9.17) is 19.6 Å². The third kappa shape index (κ3) is 6.55. The summed E-state index contributed by atoms with van der Waals surface area (Å²) in [5, 5.41) is 10.5. The molecule has 3 aromatic rings. The van der Waals surface area contributed by atoms with Crippen LogP contribution in [0.25, 0.3) is 10.9 Å². The molecule has 222 valence electrons. The maximum Gasteiger partial charge on any atom is 0.415 e. The summed E-state index contributed by atoms with van der Waals surface area (Å²) in [6.45, 7) is 10.1. The number of carbonyl (C=O) groups excluding carboxylic acids is 1. The molecule has 0 unspecified atom stereocenters. The molecule has 0 bridgehead atoms. The molecule has 41 heavy (non-hydrogen) atoms. The van der Waals surface area contributed by atoms with Gasteiger partial charge >= 0.3 is 6.09 Å². The molecule has 2 fully saturated rings. The number of nitrogens with zero attached hydrogens (tertiary/aromatic N) is 7. The van der Waals surface area contributed by atoms with Crippen LogP contribution in [0.15, 0.2) is 29.2 Å². The number of carbonyl (C=O) groups is 1. The van der Waals surface area contributed by atoms with Gasteiger partial charge in [0.05, 0.1) is 17.3 Å². The zero-order valence-corrected chi connectivity index (χ0v) is 25.2. The van der Waals surface area contributed by atoms with Gasteiger partial charge in [-0.3, -0.25) is 14.4 Å². The molecule has 1 amide bonds. The van der Waals surface area contributed by atoms with Gasteiger partial charge in [-0.15, -0.1) is 5.10 Å². The fourth-order valence-electron chi connectivity index (χ4n) is 5.88. The summed E-state index contributed by atoms with van der Waals surface area (Å²) in [6, 6.07) is 5.33. The first-order valence-corrected chi connectivity index (χ1v) is 14.8. The number of fused-ring (bicyclic) bond motifs is 1. The number of pyridine rings is 1. The van der Waals surface area contributed by atoms with Crippen LogP contribution in [-0.2, 0) is 11.8 Å². The number of anilines is 1. The Morgan fingerprint density at radius 1 is 1.05 bits per heavy atom. The van der Waals surface area contributed by atoms with Gasteiger partial charge in [-0.25, -0.2) is 14.5 Å². The molecular weight excluding hydrogens is 522 g/mol. The van der Waals surface area contributed by atoms with Crippen LogP contribution in [0.1, 0.15) is 83.9 Å². The first-order chi connectivity index (χ1) is 19.5. The molecule has 4 heterocycles. The van der Waals surface area contributed by atoms with Gasteiger partial charge < -0.3 is 14.4 Å². The van der Waals surface area contributed by atoms with Crippen molar-refractivity contribution in [1.82, 2.24) is 29.4 Å². The zero-order valence-electron chi connectivity index (χ0n) is 25.2. The largest absolute Gasteiger partial charge is 0.473 e. The molecule has 1 aliphatic heterocycles. The third-order valence-electron chi connectivity index (χ3n) is 8.13. The zero-order chi connectivity index (χ0) is 29.3. The molecule has 0 spiro atoms. The summed E-state index contributed by atoms with van der Waals surface area (Å²) in [5.41, 5.74) is 1.37. The second kappa shape index (κ2) is 11.8. The Hall–Kier alpha value is -3.47. The van der Waals surface area contributed by atoms with Crippen molar-refractivity contribution in [3.8, 4) is 5.88 Å². The lowest BCUT2D eigenvalue weighted by Crippen LogP contribution is -2.37. The SMILES string of the molecule is CCN(C(=O)OC(C)(C)C)c1cc2c(cn1)c(C1CCN(C)CC1)nn2C1CCC(Oc2ccc(=O)n(C)n2)CC1. The van der Waals surface area contributed by atoms with Crippen LogP contribution in [0.2, 0.25) is 0 Å². The summed E-state index contributed by atoms with van der Waals surface area (Å²) in [4.78, 5) is 33.4. The van der Waals surface area contributed by atoms with E-state index in [-0.39, 0.29) is 17.7 Å². The summed E-state index contributed by atoms with van der Waals surface area (Å²) < 4.78 is 15.3. The van der Waals surface area contributed by atoms with Gasteiger partial charge in [0, 0.05) is 49.3 Å². The van der Waals surface area contributed by atoms with Crippen LogP contribution in [0.5, 0.6) is 5.88 Å². The Bertz CT molecular complexity index is 1430. The van der Waals surface area contributed by atoms with E-state index in [1.54, 1.807) is 18.0 Å². The van der Waals surface area contributed by atoms with E-state index in [1.807, 2.05) is 40.0 Å². The average molecular weight is 566 g/mol. The normalized spacial score (nSPS) is 20.7. The Labute approximate surface area is 241 Å². The van der Waals surface area contributed by atoms with E-state index in [9.17, 15) is 9.59 Å². The maximum atomic E-state index is 13.0. The van der Waals surface area contributed by atoms with Crippen LogP contribution in [0.3, 0.4) is 0 Å². The number of rotatable bonds is 6. The molecular formula is C30H43N7O4. The van der Waals surface area contributed by atoms with Crippen molar-refractivity contribution in [3.05, 3.63) is 40.4 Å². The number of piperidine rings is 1. The molecule has 1 saturated carbocycles. The molecule has 0 N–H and O–H groups in total. The molecule has 11 heteroatoms. The Kier molecular flexibility index (Phi) is 8.35. The van der Waals surface area contributed by atoms with Gasteiger partial charge in [-0.2, -0.15) is 5.10 Å². The van der Waals surface area contributed by atoms with E-state index in [0.29, 0.717) is 24.2 Å². The van der Waals surface area contributed by atoms with E-state index in [1.165, 1.54) is 10.7 Å². The first kappa shape index (κ1) is 29.0. The predicted molar refractivity (Wildman–Crippen MR) is 158 cm³/mol. The quantitative estimate of drug-likeness (QED) is 0.425. The average Bonchev–Trinajstić information content (AvgIpc) is 3.30. The highest BCUT2D eigenvalue weighted by atomic mass is 16.6. The molecule has 0 atom stereocenters. The third-order valence-corrected chi connectivity index (χ3v) is 8.13. The molecule has 0 aromatic carbocycles. The van der Waals surface area contributed by atoms with Crippen molar-refractivity contribution in [1.29, 1.82) is 0 Å². The number of aryl methyl sites for hydroxylation is 1. The fourth-order valence-corrected chi connectivity index (χ4v) is 5.88. The molecule has 5 rings (SSSR count). The van der Waals surface area contributed by atoms with Crippen LogP contribution < -0.4 is 15.2 Å². The smallest absolute Gasteiger partial charge is 0.415 e. The predicted octanol–water partition coefficient (Wildman–Crippen LogP) is 4.66. The summed E-state index contributed by atoms with van der Waals surface area (Å²) in [7, 11) is 3.80. The lowest BCUT2D eigenvalue weighted by atomic mass is 9.92. The molecule has 3 aromatic heterocycles. The molecule has 2 aliphatic rings. The van der Waals surface area contributed by atoms with Gasteiger partial charge in [0.15, 0.2) is 0 Å². The monoisotopic (exact) mass is 565 g/mol. The molecule has 11 nitrogen and oxygen atoms in total. The highest BCUT2D eigenvalue weighted by Crippen LogP contribution is 2.38. The van der Waals surface area contributed by atoms with E-state index in [2.05, 4.69) is 21.7 Å². The Balaban J connectivity index is 1.42. The molecule has 1 aliphatic carbocycles. The van der Waals surface area contributed by atoms with Gasteiger partial charge in [0.2, 0.25) is 5.88 Å². The van der Waals surface area contributed by atoms with Crippen LogP contribution in [0.4, 0.5) is 10.6 Å². The molecule has 0 radical (unpaired) electrons. The van der Waals surface area contributed by atoms with Crippen molar-refractivity contribution < 1.29 is 14.3 Å². The van der Waals surface area contributed by atoms with E-state index >= 15 is 0 Å². The number of aromatic nitrogens is 5. The van der Waals surface area contributed by atoms with Crippen LogP contribution in [-0.4, -0.2) is 73.9 Å². The lowest BCUT2D eigenvalue weighted by Gasteiger charge is -2.30. The Morgan fingerprint density at radius 3 is 2.39 bits per heavy atom. The van der Waals surface area contributed by atoms with Crippen molar-refractivity contribution >= 4 is 22.8 Å². The number of hydrogen-bond donors (Lipinski definition) is 0. The first-order valence-electron chi connectivity index (χ1n) is 14.8. The second-order valence-electron chi connectivity index (χ2n) is 12.4. The van der Waals surface area contributed by atoms with Gasteiger partial charge in [0.1, 0.15) is 17.5 Å². The highest BCUT2D eigenvalue weighted by Gasteiger charge is 2.31. The number of likely N-dealkylation sites (tertiary alicyclic amines) is 1. The van der Waals surface area contributed by atoms with Gasteiger partial charge in [0.25, 0.3) is 5.56 Å². The topological polar surface area (TPSA) is 108 Å². The molecule has 1 saturated heterocycles. The number of amides is 1. The second-order valence-corrected chi connectivity index (χ2v) is 12.4. The van der Waals surface area contributed by atoms with E-state index in [0.717, 1.165) is 68.2 Å². The van der Waals surface area contributed by atoms with Gasteiger partial charge in [-0.05, 0) is 86.4 Å². The van der Waals surface area contributed by atoms with Crippen LogP contribution in [0, 0.1) is 0 Å². The lowest BCUT2D eigenvalue weighted by molar-refractivity contribution is 0.0581. The standard InChI is InChI=1S/C30H43N7O4/c1-7-36(29(39)41-30(2,3)4)25-18-24-23(19-31-25)28(20-14-16-34(5)17-15-20)33-37(24)21-8-10-22(11-9-21)40-26-12-13-27(38)35(6)32-26/h12-13,18-22H,7-11,14-17H2,1-6H3. The van der Waals surface area contributed by atoms with Crippen molar-refractivity contribution in [2.24, 2.45) is 7.05 Å². The number of ether oxygens (including phenoxy) is 2. The minimum absolute atomic E-state index is 0.0337. The van der Waals surface area contributed by atoms with Crippen molar-refractivity contribution in [3.63, 3.8) is 0 Å². The fraction of sp³-hybridized carbons (Fsp3) is 0.633.